The van der Waals surface area contributed by atoms with E-state index < -0.39 is 0 Å². The van der Waals surface area contributed by atoms with E-state index in [-0.39, 0.29) is 24.0 Å². The van der Waals surface area contributed by atoms with Crippen LogP contribution in [0.3, 0.4) is 0 Å². The third kappa shape index (κ3) is 8.66. The fourth-order valence-corrected chi connectivity index (χ4v) is 2.94. The Balaban J connectivity index is 0.00000364. The molecule has 7 heteroatoms. The number of benzene rings is 1. The van der Waals surface area contributed by atoms with Crippen LogP contribution < -0.4 is 10.1 Å². The van der Waals surface area contributed by atoms with Crippen molar-refractivity contribution in [1.82, 2.24) is 15.1 Å². The number of nitrogens with one attached hydrogen (secondary N) is 1. The number of guanidine groups is 1. The first-order valence-electron chi connectivity index (χ1n) is 9.52. The summed E-state index contributed by atoms with van der Waals surface area (Å²) in [6.07, 6.45) is 1.13. The molecule has 2 rings (SSSR count). The molecule has 154 valence electrons. The number of rotatable bonds is 9. The Hall–Kier alpha value is -1.06. The topological polar surface area (TPSA) is 49.3 Å². The third-order valence-electron chi connectivity index (χ3n) is 4.42. The van der Waals surface area contributed by atoms with Gasteiger partial charge in [0.1, 0.15) is 12.4 Å². The van der Waals surface area contributed by atoms with Crippen LogP contribution in [0, 0.1) is 5.92 Å². The number of ether oxygens (including phenoxy) is 2. The van der Waals surface area contributed by atoms with Crippen LogP contribution >= 0.6 is 24.0 Å². The fourth-order valence-electron chi connectivity index (χ4n) is 2.94. The Bertz CT molecular complexity index is 563. The molecule has 1 heterocycles. The average Bonchev–Trinajstić information content (AvgIpc) is 3.12. The van der Waals surface area contributed by atoms with Gasteiger partial charge in [-0.15, -0.1) is 24.0 Å². The van der Waals surface area contributed by atoms with Crippen LogP contribution in [-0.2, 0) is 11.3 Å². The van der Waals surface area contributed by atoms with Crippen molar-refractivity contribution in [3.63, 3.8) is 0 Å². The van der Waals surface area contributed by atoms with E-state index >= 15 is 0 Å². The zero-order valence-corrected chi connectivity index (χ0v) is 19.4. The summed E-state index contributed by atoms with van der Waals surface area (Å²) >= 11 is 0. The van der Waals surface area contributed by atoms with Crippen molar-refractivity contribution in [1.29, 1.82) is 0 Å². The van der Waals surface area contributed by atoms with E-state index in [0.717, 1.165) is 56.5 Å². The highest BCUT2D eigenvalue weighted by molar-refractivity contribution is 14.0. The Morgan fingerprint density at radius 3 is 2.74 bits per heavy atom. The van der Waals surface area contributed by atoms with Gasteiger partial charge >= 0.3 is 0 Å². The normalized spacial score (nSPS) is 16.9. The van der Waals surface area contributed by atoms with E-state index in [9.17, 15) is 0 Å². The SMILES string of the molecule is CCNC(=NCc1ccccc1OCCN(C)C)N(C)CC1CCOC1.I. The van der Waals surface area contributed by atoms with Crippen molar-refractivity contribution in [2.24, 2.45) is 10.9 Å². The molecule has 0 radical (unpaired) electrons. The molecule has 1 atom stereocenters. The average molecular weight is 490 g/mol. The van der Waals surface area contributed by atoms with Crippen LogP contribution in [0.5, 0.6) is 5.75 Å². The largest absolute Gasteiger partial charge is 0.492 e. The molecule has 0 amide bonds. The van der Waals surface area contributed by atoms with Gasteiger partial charge in [-0.1, -0.05) is 18.2 Å². The summed E-state index contributed by atoms with van der Waals surface area (Å²) in [6, 6.07) is 8.15. The van der Waals surface area contributed by atoms with Gasteiger partial charge in [-0.05, 0) is 33.5 Å². The monoisotopic (exact) mass is 490 g/mol. The Morgan fingerprint density at radius 1 is 1.30 bits per heavy atom. The molecule has 1 unspecified atom stereocenters. The molecule has 1 aromatic carbocycles. The molecule has 0 spiro atoms. The lowest BCUT2D eigenvalue weighted by Gasteiger charge is -2.24. The second kappa shape index (κ2) is 13.2. The highest BCUT2D eigenvalue weighted by Crippen LogP contribution is 2.19. The molecule has 27 heavy (non-hydrogen) atoms. The zero-order valence-electron chi connectivity index (χ0n) is 17.1. The van der Waals surface area contributed by atoms with Crippen molar-refractivity contribution in [3.8, 4) is 5.75 Å². The smallest absolute Gasteiger partial charge is 0.193 e. The Labute approximate surface area is 181 Å². The lowest BCUT2D eigenvalue weighted by molar-refractivity contribution is 0.181. The van der Waals surface area contributed by atoms with Crippen LogP contribution in [0.25, 0.3) is 0 Å². The van der Waals surface area contributed by atoms with Gasteiger partial charge in [-0.25, -0.2) is 4.99 Å². The van der Waals surface area contributed by atoms with Gasteiger partial charge in [0.25, 0.3) is 0 Å². The number of halogens is 1. The van der Waals surface area contributed by atoms with Gasteiger partial charge in [0.15, 0.2) is 5.96 Å². The Morgan fingerprint density at radius 2 is 2.07 bits per heavy atom. The molecule has 6 nitrogen and oxygen atoms in total. The predicted molar refractivity (Wildman–Crippen MR) is 122 cm³/mol. The standard InChI is InChI=1S/C20H34N4O2.HI/c1-5-21-20(24(4)15-17-10-12-25-16-17)22-14-18-8-6-7-9-19(18)26-13-11-23(2)3;/h6-9,17H,5,10-16H2,1-4H3,(H,21,22);1H. The maximum Gasteiger partial charge on any atom is 0.193 e. The van der Waals surface area contributed by atoms with Crippen molar-refractivity contribution in [3.05, 3.63) is 29.8 Å². The summed E-state index contributed by atoms with van der Waals surface area (Å²) in [7, 11) is 6.19. The molecule has 0 aliphatic carbocycles. The lowest BCUT2D eigenvalue weighted by Crippen LogP contribution is -2.41. The van der Waals surface area contributed by atoms with Gasteiger partial charge in [-0.3, -0.25) is 0 Å². The minimum atomic E-state index is 0. The summed E-state index contributed by atoms with van der Waals surface area (Å²) in [5.41, 5.74) is 1.11. The van der Waals surface area contributed by atoms with Crippen LogP contribution in [0.2, 0.25) is 0 Å². The summed E-state index contributed by atoms with van der Waals surface area (Å²) in [4.78, 5) is 9.15. The van der Waals surface area contributed by atoms with Gasteiger partial charge in [0, 0.05) is 44.8 Å². The zero-order chi connectivity index (χ0) is 18.8. The molecule has 1 N–H and O–H groups in total. The van der Waals surface area contributed by atoms with E-state index in [1.165, 1.54) is 0 Å². The number of likely N-dealkylation sites (N-methyl/N-ethyl adjacent to an activating group) is 1. The molecule has 1 saturated heterocycles. The van der Waals surface area contributed by atoms with Gasteiger partial charge in [0.2, 0.25) is 0 Å². The molecule has 1 fully saturated rings. The maximum atomic E-state index is 5.95. The predicted octanol–water partition coefficient (Wildman–Crippen LogP) is 2.68. The van der Waals surface area contributed by atoms with Crippen molar-refractivity contribution < 1.29 is 9.47 Å². The number of aliphatic imine (C=N–C) groups is 1. The summed E-state index contributed by atoms with van der Waals surface area (Å²) in [5, 5.41) is 3.39. The molecule has 1 aliphatic rings. The van der Waals surface area contributed by atoms with Crippen molar-refractivity contribution in [2.75, 3.05) is 60.6 Å². The molecule has 0 aromatic heterocycles. The molecule has 1 aromatic rings. The number of hydrogen-bond donors (Lipinski definition) is 1. The van der Waals surface area contributed by atoms with Crippen LogP contribution in [0.1, 0.15) is 18.9 Å². The van der Waals surface area contributed by atoms with Crippen LogP contribution in [0.4, 0.5) is 0 Å². The van der Waals surface area contributed by atoms with E-state index in [4.69, 9.17) is 14.5 Å². The third-order valence-corrected chi connectivity index (χ3v) is 4.42. The minimum absolute atomic E-state index is 0. The van der Waals surface area contributed by atoms with Crippen molar-refractivity contribution >= 4 is 29.9 Å². The molecule has 0 saturated carbocycles. The van der Waals surface area contributed by atoms with E-state index in [1.807, 2.05) is 32.3 Å². The van der Waals surface area contributed by atoms with Gasteiger partial charge < -0.3 is 24.6 Å². The second-order valence-corrected chi connectivity index (χ2v) is 7.04. The first-order chi connectivity index (χ1) is 12.6. The van der Waals surface area contributed by atoms with Crippen LogP contribution in [-0.4, -0.2) is 76.4 Å². The Kier molecular flexibility index (Phi) is 11.7. The summed E-state index contributed by atoms with van der Waals surface area (Å²) in [5.74, 6) is 2.44. The number of para-hydroxylation sites is 1. The maximum absolute atomic E-state index is 5.95. The number of hydrogen-bond acceptors (Lipinski definition) is 4. The van der Waals surface area contributed by atoms with E-state index in [0.29, 0.717) is 19.1 Å². The minimum Gasteiger partial charge on any atom is -0.492 e. The molecule has 1 aliphatic heterocycles. The summed E-state index contributed by atoms with van der Waals surface area (Å²) in [6.45, 7) is 7.82. The molecule has 0 bridgehead atoms. The quantitative estimate of drug-likeness (QED) is 0.328. The van der Waals surface area contributed by atoms with Crippen molar-refractivity contribution in [2.45, 2.75) is 19.9 Å². The highest BCUT2D eigenvalue weighted by Gasteiger charge is 2.19. The van der Waals surface area contributed by atoms with E-state index in [2.05, 4.69) is 35.2 Å². The highest BCUT2D eigenvalue weighted by atomic mass is 127. The number of nitrogens with zero attached hydrogens (tertiary/aromatic N) is 3. The second-order valence-electron chi connectivity index (χ2n) is 7.04. The van der Waals surface area contributed by atoms with Gasteiger partial charge in [0.05, 0.1) is 13.2 Å². The summed E-state index contributed by atoms with van der Waals surface area (Å²) < 4.78 is 11.4. The fraction of sp³-hybridized carbons (Fsp3) is 0.650. The molecular weight excluding hydrogens is 455 g/mol. The molecular formula is C20H35IN4O2. The lowest BCUT2D eigenvalue weighted by atomic mass is 10.1. The van der Waals surface area contributed by atoms with E-state index in [1.54, 1.807) is 0 Å². The van der Waals surface area contributed by atoms with Crippen LogP contribution in [0.15, 0.2) is 29.3 Å². The first kappa shape index (κ1) is 24.0. The first-order valence-corrected chi connectivity index (χ1v) is 9.52. The van der Waals surface area contributed by atoms with Gasteiger partial charge in [-0.2, -0.15) is 0 Å².